The van der Waals surface area contributed by atoms with E-state index in [-0.39, 0.29) is 11.9 Å². The van der Waals surface area contributed by atoms with Gasteiger partial charge in [-0.15, -0.1) is 11.3 Å². The zero-order valence-electron chi connectivity index (χ0n) is 20.6. The molecule has 1 N–H and O–H groups in total. The van der Waals surface area contributed by atoms with Crippen LogP contribution in [-0.4, -0.2) is 48.3 Å². The van der Waals surface area contributed by atoms with Gasteiger partial charge in [-0.25, -0.2) is 9.78 Å². The maximum Gasteiger partial charge on any atom is 0.407 e. The van der Waals surface area contributed by atoms with E-state index in [2.05, 4.69) is 21.3 Å². The van der Waals surface area contributed by atoms with Gasteiger partial charge in [0, 0.05) is 29.5 Å². The Morgan fingerprint density at radius 2 is 1.94 bits per heavy atom. The van der Waals surface area contributed by atoms with Crippen molar-refractivity contribution in [3.63, 3.8) is 0 Å². The molecule has 0 radical (unpaired) electrons. The van der Waals surface area contributed by atoms with E-state index in [0.717, 1.165) is 51.8 Å². The van der Waals surface area contributed by atoms with Crippen molar-refractivity contribution in [3.05, 3.63) is 64.1 Å². The second-order valence-electron chi connectivity index (χ2n) is 10.1. The van der Waals surface area contributed by atoms with Gasteiger partial charge in [-0.1, -0.05) is 23.7 Å². The fourth-order valence-electron chi connectivity index (χ4n) is 4.54. The number of rotatable bonds is 4. The largest absolute Gasteiger partial charge is 0.444 e. The van der Waals surface area contributed by atoms with E-state index < -0.39 is 11.7 Å². The fourth-order valence-corrected chi connectivity index (χ4v) is 5.83. The first kappa shape index (κ1) is 24.6. The summed E-state index contributed by atoms with van der Waals surface area (Å²) in [6, 6.07) is 13.7. The van der Waals surface area contributed by atoms with Crippen LogP contribution in [0.15, 0.2) is 48.7 Å². The highest BCUT2D eigenvalue weighted by Crippen LogP contribution is 2.36. The summed E-state index contributed by atoms with van der Waals surface area (Å²) < 4.78 is 5.36. The van der Waals surface area contributed by atoms with Crippen LogP contribution in [0.4, 0.5) is 16.3 Å². The number of alkyl carbamates (subject to hydrolysis) is 1. The van der Waals surface area contributed by atoms with Crippen LogP contribution in [0.25, 0.3) is 10.4 Å². The minimum atomic E-state index is -0.521. The topological polar surface area (TPSA) is 74.8 Å². The van der Waals surface area contributed by atoms with Gasteiger partial charge in [0.05, 0.1) is 22.8 Å². The summed E-state index contributed by atoms with van der Waals surface area (Å²) in [7, 11) is 0. The number of halogens is 1. The Labute approximate surface area is 220 Å². The zero-order chi connectivity index (χ0) is 25.4. The van der Waals surface area contributed by atoms with Crippen LogP contribution < -0.4 is 15.1 Å². The van der Waals surface area contributed by atoms with Crippen LogP contribution in [0.2, 0.25) is 5.02 Å². The lowest BCUT2D eigenvalue weighted by Gasteiger charge is -2.27. The summed E-state index contributed by atoms with van der Waals surface area (Å²) in [5.41, 5.74) is 2.43. The predicted molar refractivity (Wildman–Crippen MR) is 144 cm³/mol. The molecule has 1 fully saturated rings. The van der Waals surface area contributed by atoms with E-state index in [1.165, 1.54) is 11.3 Å². The number of nitrogens with zero attached hydrogens (tertiary/aromatic N) is 3. The molecule has 1 aromatic carbocycles. The average Bonchev–Trinajstić information content (AvgIpc) is 3.46. The van der Waals surface area contributed by atoms with Gasteiger partial charge in [0.15, 0.2) is 0 Å². The number of amides is 2. The molecule has 0 aliphatic carbocycles. The SMILES string of the molecule is CC(C)(C)OC(=O)NC1CCN(c2ccc(N3CCc4cc(-c5ccc(Cl)cc5)sc4C3=O)cn2)C1. The standard InChI is InChI=1S/C27H29ClN4O3S/c1-27(2,3)35-26(34)30-20-11-12-31(16-20)23-9-8-21(15-29-23)32-13-10-18-14-22(36-24(18)25(32)33)17-4-6-19(28)7-5-17/h4-9,14-15,20H,10-13,16H2,1-3H3,(H,30,34). The first-order valence-corrected chi connectivity index (χ1v) is 13.3. The maximum atomic E-state index is 13.3. The number of ether oxygens (including phenoxy) is 1. The Kier molecular flexibility index (Phi) is 6.66. The van der Waals surface area contributed by atoms with Gasteiger partial charge in [-0.05, 0) is 75.1 Å². The number of hydrogen-bond acceptors (Lipinski definition) is 6. The number of pyridine rings is 1. The third-order valence-corrected chi connectivity index (χ3v) is 7.73. The molecule has 2 amide bonds. The number of thiophene rings is 1. The van der Waals surface area contributed by atoms with Crippen LogP contribution in [0.1, 0.15) is 42.4 Å². The first-order chi connectivity index (χ1) is 17.2. The monoisotopic (exact) mass is 524 g/mol. The van der Waals surface area contributed by atoms with Crippen LogP contribution in [0.3, 0.4) is 0 Å². The normalized spacial score (nSPS) is 17.8. The summed E-state index contributed by atoms with van der Waals surface area (Å²) >= 11 is 7.55. The van der Waals surface area contributed by atoms with Crippen LogP contribution in [-0.2, 0) is 11.2 Å². The van der Waals surface area contributed by atoms with Crippen LogP contribution in [0, 0.1) is 0 Å². The summed E-state index contributed by atoms with van der Waals surface area (Å²) in [5.74, 6) is 0.845. The van der Waals surface area contributed by atoms with Crippen molar-refractivity contribution in [3.8, 4) is 10.4 Å². The Morgan fingerprint density at radius 3 is 2.64 bits per heavy atom. The van der Waals surface area contributed by atoms with Crippen LogP contribution in [0.5, 0.6) is 0 Å². The second-order valence-corrected chi connectivity index (χ2v) is 11.6. The average molecular weight is 525 g/mol. The van der Waals surface area contributed by atoms with Gasteiger partial charge in [0.1, 0.15) is 11.4 Å². The number of carbonyl (C=O) groups is 2. The first-order valence-electron chi connectivity index (χ1n) is 12.1. The lowest BCUT2D eigenvalue weighted by Crippen LogP contribution is -2.40. The number of benzene rings is 1. The Morgan fingerprint density at radius 1 is 1.17 bits per heavy atom. The van der Waals surface area contributed by atoms with Gasteiger partial charge in [-0.3, -0.25) is 4.79 Å². The molecule has 4 heterocycles. The zero-order valence-corrected chi connectivity index (χ0v) is 22.2. The highest BCUT2D eigenvalue weighted by Gasteiger charge is 2.30. The highest BCUT2D eigenvalue weighted by atomic mass is 35.5. The molecular weight excluding hydrogens is 496 g/mol. The molecule has 1 saturated heterocycles. The van der Waals surface area contributed by atoms with Crippen molar-refractivity contribution >= 4 is 46.4 Å². The van der Waals surface area contributed by atoms with Crippen molar-refractivity contribution in [1.29, 1.82) is 0 Å². The van der Waals surface area contributed by atoms with E-state index in [1.54, 1.807) is 11.1 Å². The number of fused-ring (bicyclic) bond motifs is 1. The quantitative estimate of drug-likeness (QED) is 0.469. The second kappa shape index (κ2) is 9.75. The molecule has 2 aliphatic heterocycles. The molecule has 0 spiro atoms. The fraction of sp³-hybridized carbons (Fsp3) is 0.370. The van der Waals surface area contributed by atoms with Gasteiger partial charge >= 0.3 is 6.09 Å². The van der Waals surface area contributed by atoms with Gasteiger partial charge in [0.2, 0.25) is 0 Å². The van der Waals surface area contributed by atoms with Gasteiger partial charge in [-0.2, -0.15) is 0 Å². The molecule has 188 valence electrons. The van der Waals surface area contributed by atoms with Crippen molar-refractivity contribution < 1.29 is 14.3 Å². The summed E-state index contributed by atoms with van der Waals surface area (Å²) in [6.45, 7) is 7.63. The third-order valence-electron chi connectivity index (χ3n) is 6.26. The minimum Gasteiger partial charge on any atom is -0.444 e. The van der Waals surface area contributed by atoms with Crippen molar-refractivity contribution in [2.75, 3.05) is 29.4 Å². The number of anilines is 2. The molecule has 7 nitrogen and oxygen atoms in total. The molecule has 1 atom stereocenters. The highest BCUT2D eigenvalue weighted by molar-refractivity contribution is 7.17. The maximum absolute atomic E-state index is 13.3. The van der Waals surface area contributed by atoms with Crippen molar-refractivity contribution in [1.82, 2.24) is 10.3 Å². The molecule has 2 aliphatic rings. The summed E-state index contributed by atoms with van der Waals surface area (Å²) in [6.07, 6.45) is 3.00. The predicted octanol–water partition coefficient (Wildman–Crippen LogP) is 5.77. The Hall–Kier alpha value is -3.10. The van der Waals surface area contributed by atoms with Gasteiger partial charge < -0.3 is 19.9 Å². The van der Waals surface area contributed by atoms with E-state index in [0.29, 0.717) is 18.1 Å². The Bertz CT molecular complexity index is 1270. The Balaban J connectivity index is 1.23. The van der Waals surface area contributed by atoms with Crippen LogP contribution >= 0.6 is 22.9 Å². The molecule has 0 saturated carbocycles. The van der Waals surface area contributed by atoms with E-state index in [1.807, 2.05) is 57.2 Å². The van der Waals surface area contributed by atoms with E-state index in [9.17, 15) is 9.59 Å². The lowest BCUT2D eigenvalue weighted by atomic mass is 10.1. The molecule has 5 rings (SSSR count). The number of nitrogens with one attached hydrogen (secondary N) is 1. The molecule has 3 aromatic rings. The summed E-state index contributed by atoms with van der Waals surface area (Å²) in [4.78, 5) is 35.8. The number of aromatic nitrogens is 1. The molecule has 36 heavy (non-hydrogen) atoms. The molecule has 2 aromatic heterocycles. The molecule has 0 bridgehead atoms. The summed E-state index contributed by atoms with van der Waals surface area (Å²) in [5, 5.41) is 3.64. The number of hydrogen-bond donors (Lipinski definition) is 1. The van der Waals surface area contributed by atoms with Crippen molar-refractivity contribution in [2.24, 2.45) is 0 Å². The number of carbonyl (C=O) groups excluding carboxylic acids is 2. The smallest absolute Gasteiger partial charge is 0.407 e. The van der Waals surface area contributed by atoms with E-state index in [4.69, 9.17) is 16.3 Å². The third kappa shape index (κ3) is 5.34. The molecule has 9 heteroatoms. The van der Waals surface area contributed by atoms with Gasteiger partial charge in [0.25, 0.3) is 5.91 Å². The van der Waals surface area contributed by atoms with E-state index >= 15 is 0 Å². The molecule has 1 unspecified atom stereocenters. The lowest BCUT2D eigenvalue weighted by molar-refractivity contribution is 0.0509. The molecular formula is C27H29ClN4O3S. The van der Waals surface area contributed by atoms with Crippen molar-refractivity contribution in [2.45, 2.75) is 45.3 Å². The minimum absolute atomic E-state index is 0.0112.